The summed E-state index contributed by atoms with van der Waals surface area (Å²) in [5.74, 6) is 1.74. The quantitative estimate of drug-likeness (QED) is 0.0166. The van der Waals surface area contributed by atoms with Crippen LogP contribution in [0.1, 0.15) is 143 Å². The molecular weight excluding hydrogens is 921 g/mol. The number of nitro benzene ring substituents is 1. The van der Waals surface area contributed by atoms with Crippen molar-refractivity contribution in [2.75, 3.05) is 18.5 Å². The second-order valence-electron chi connectivity index (χ2n) is 21.8. The first-order valence-corrected chi connectivity index (χ1v) is 26.2. The Kier molecular flexibility index (Phi) is 19.4. The van der Waals surface area contributed by atoms with Crippen LogP contribution >= 0.6 is 0 Å². The number of nitro groups is 1. The Labute approximate surface area is 424 Å². The minimum absolute atomic E-state index is 0.0567. The highest BCUT2D eigenvalue weighted by atomic mass is 16.7. The Balaban J connectivity index is 0.848. The van der Waals surface area contributed by atoms with Gasteiger partial charge in [0.25, 0.3) is 5.69 Å². The first-order valence-electron chi connectivity index (χ1n) is 26.2. The van der Waals surface area contributed by atoms with E-state index in [0.29, 0.717) is 36.2 Å². The fourth-order valence-electron chi connectivity index (χ4n) is 12.6. The highest BCUT2D eigenvalue weighted by Crippen LogP contribution is 2.67. The van der Waals surface area contributed by atoms with Crippen LogP contribution in [0.15, 0.2) is 60.2 Å². The summed E-state index contributed by atoms with van der Waals surface area (Å²) in [6.07, 6.45) is 15.7. The number of benzene rings is 2. The maximum atomic E-state index is 13.1. The van der Waals surface area contributed by atoms with Crippen LogP contribution in [0.5, 0.6) is 5.75 Å². The number of anilines is 1. The molecule has 3 fully saturated rings. The zero-order chi connectivity index (χ0) is 52.2. The van der Waals surface area contributed by atoms with E-state index in [4.69, 9.17) is 19.9 Å². The molecule has 0 spiro atoms. The summed E-state index contributed by atoms with van der Waals surface area (Å²) < 4.78 is 16.5. The molecule has 0 radical (unpaired) electrons. The number of fused-ring (bicyclic) bond motifs is 5. The second-order valence-corrected chi connectivity index (χ2v) is 21.8. The summed E-state index contributed by atoms with van der Waals surface area (Å²) >= 11 is 0. The lowest BCUT2D eigenvalue weighted by Gasteiger charge is -2.58. The van der Waals surface area contributed by atoms with E-state index in [2.05, 4.69) is 62.0 Å². The zero-order valence-corrected chi connectivity index (χ0v) is 43.1. The highest BCUT2D eigenvalue weighted by Gasteiger charge is 2.59. The molecule has 0 saturated heterocycles. The number of nitrogens with zero attached hydrogens (tertiary/aromatic N) is 1. The number of allylic oxidation sites excluding steroid dienone is 1. The van der Waals surface area contributed by atoms with E-state index in [0.717, 1.165) is 48.3 Å². The second kappa shape index (κ2) is 25.2. The lowest BCUT2D eigenvalue weighted by atomic mass is 9.47. The predicted octanol–water partition coefficient (Wildman–Crippen LogP) is 8.83. The fraction of sp³-hybridized carbons (Fsp3) is 0.636. The minimum atomic E-state index is -1.37. The van der Waals surface area contributed by atoms with Gasteiger partial charge in [-0.2, -0.15) is 0 Å². The number of hydrogen-bond acceptors (Lipinski definition) is 11. The van der Waals surface area contributed by atoms with Crippen LogP contribution in [0.4, 0.5) is 16.2 Å². The van der Waals surface area contributed by atoms with Gasteiger partial charge in [-0.25, -0.2) is 4.79 Å². The van der Waals surface area contributed by atoms with Gasteiger partial charge >= 0.3 is 6.16 Å². The lowest BCUT2D eigenvalue weighted by molar-refractivity contribution is -0.384. The van der Waals surface area contributed by atoms with Gasteiger partial charge in [0.1, 0.15) is 24.4 Å². The van der Waals surface area contributed by atoms with Crippen molar-refractivity contribution in [1.82, 2.24) is 16.0 Å². The summed E-state index contributed by atoms with van der Waals surface area (Å²) in [7, 11) is 0. The number of nitrogens with two attached hydrogens (primary N) is 1. The van der Waals surface area contributed by atoms with E-state index in [1.165, 1.54) is 101 Å². The van der Waals surface area contributed by atoms with Crippen molar-refractivity contribution in [1.29, 1.82) is 0 Å². The lowest BCUT2D eigenvalue weighted by Crippen LogP contribution is -2.52. The smallest absolute Gasteiger partial charge is 0.429 e. The monoisotopic (exact) mass is 999 g/mol. The van der Waals surface area contributed by atoms with Crippen LogP contribution in [0.2, 0.25) is 0 Å². The number of rotatable bonds is 24. The molecule has 3 saturated carbocycles. The molecule has 6 rings (SSSR count). The van der Waals surface area contributed by atoms with E-state index in [1.54, 1.807) is 17.7 Å². The Morgan fingerprint density at radius 3 is 2.25 bits per heavy atom. The molecule has 394 valence electrons. The molecule has 17 heteroatoms. The zero-order valence-electron chi connectivity index (χ0n) is 43.1. The number of carbonyl (C=O) groups excluding carboxylic acids is 6. The molecule has 5 amide bonds. The van der Waals surface area contributed by atoms with E-state index in [9.17, 15) is 38.9 Å². The SMILES string of the molecule is CC(C)CCC[C@@H](C)[C@H]1CC[C@H]2[C@@H]3CC=C4C[C@@H](OCCCNC(=O)CCC(=O)N[C@@H](C)C(=O)N[C@@H](CC(N)=O)C(=O)Nc5ccc(COC(=O)Oc6ccc([N+](=O)[O-])cc6)cc5)CC[C@]4(C)C3CC[C@]12C. The van der Waals surface area contributed by atoms with Gasteiger partial charge in [0.2, 0.25) is 29.5 Å². The first kappa shape index (κ1) is 55.5. The molecule has 0 aliphatic heterocycles. The van der Waals surface area contributed by atoms with Crippen LogP contribution < -0.4 is 31.7 Å². The largest absolute Gasteiger partial charge is 0.514 e. The molecule has 1 unspecified atom stereocenters. The van der Waals surface area contributed by atoms with Crippen LogP contribution in [-0.2, 0) is 40.1 Å². The van der Waals surface area contributed by atoms with Gasteiger partial charge in [-0.1, -0.05) is 77.7 Å². The van der Waals surface area contributed by atoms with E-state index in [-0.39, 0.29) is 48.3 Å². The van der Waals surface area contributed by atoms with Crippen molar-refractivity contribution in [3.63, 3.8) is 0 Å². The fourth-order valence-corrected chi connectivity index (χ4v) is 12.6. The minimum Gasteiger partial charge on any atom is -0.429 e. The van der Waals surface area contributed by atoms with Gasteiger partial charge in [-0.15, -0.1) is 0 Å². The predicted molar refractivity (Wildman–Crippen MR) is 272 cm³/mol. The third kappa shape index (κ3) is 14.7. The Morgan fingerprint density at radius 1 is 0.833 bits per heavy atom. The number of amides is 5. The Bertz CT molecular complexity index is 2270. The molecule has 17 nitrogen and oxygen atoms in total. The van der Waals surface area contributed by atoms with Crippen molar-refractivity contribution in [2.24, 2.45) is 52.1 Å². The average molecular weight is 999 g/mol. The number of nitrogens with one attached hydrogen (secondary N) is 4. The molecular formula is C55H78N6O11. The topological polar surface area (TPSA) is 247 Å². The van der Waals surface area contributed by atoms with Gasteiger partial charge in [-0.05, 0) is 141 Å². The normalized spacial score (nSPS) is 25.5. The summed E-state index contributed by atoms with van der Waals surface area (Å²) in [6.45, 7) is 14.6. The van der Waals surface area contributed by atoms with Crippen LogP contribution in [-0.4, -0.2) is 72.0 Å². The van der Waals surface area contributed by atoms with Crippen molar-refractivity contribution in [2.45, 2.75) is 163 Å². The van der Waals surface area contributed by atoms with Gasteiger partial charge in [0.15, 0.2) is 0 Å². The summed E-state index contributed by atoms with van der Waals surface area (Å²) in [5.41, 5.74) is 8.37. The van der Waals surface area contributed by atoms with Crippen LogP contribution in [0.3, 0.4) is 0 Å². The molecule has 0 aromatic heterocycles. The van der Waals surface area contributed by atoms with Gasteiger partial charge < -0.3 is 41.2 Å². The Morgan fingerprint density at radius 2 is 1.56 bits per heavy atom. The maximum Gasteiger partial charge on any atom is 0.514 e. The van der Waals surface area contributed by atoms with E-state index >= 15 is 0 Å². The number of carbonyl (C=O) groups is 6. The van der Waals surface area contributed by atoms with Gasteiger partial charge in [0.05, 0.1) is 17.4 Å². The molecule has 0 heterocycles. The third-order valence-electron chi connectivity index (χ3n) is 16.5. The molecule has 4 aliphatic rings. The van der Waals surface area contributed by atoms with Crippen LogP contribution in [0, 0.1) is 56.5 Å². The van der Waals surface area contributed by atoms with E-state index in [1.807, 2.05) is 0 Å². The molecule has 72 heavy (non-hydrogen) atoms. The molecule has 2 aromatic rings. The van der Waals surface area contributed by atoms with Crippen molar-refractivity contribution >= 4 is 47.1 Å². The summed E-state index contributed by atoms with van der Waals surface area (Å²) in [5, 5.41) is 21.3. The summed E-state index contributed by atoms with van der Waals surface area (Å²) in [4.78, 5) is 85.7. The molecule has 4 aliphatic carbocycles. The number of primary amides is 1. The first-order chi connectivity index (χ1) is 34.2. The molecule has 6 N–H and O–H groups in total. The Hall–Kier alpha value is -5.84. The van der Waals surface area contributed by atoms with Crippen LogP contribution in [0.25, 0.3) is 0 Å². The van der Waals surface area contributed by atoms with Crippen molar-refractivity contribution in [3.8, 4) is 5.75 Å². The molecule has 2 aromatic carbocycles. The van der Waals surface area contributed by atoms with Gasteiger partial charge in [-0.3, -0.25) is 34.1 Å². The van der Waals surface area contributed by atoms with Gasteiger partial charge in [0, 0.05) is 43.8 Å². The van der Waals surface area contributed by atoms with Crippen molar-refractivity contribution in [3.05, 3.63) is 75.9 Å². The average Bonchev–Trinajstić information content (AvgIpc) is 3.70. The number of ether oxygens (including phenoxy) is 3. The van der Waals surface area contributed by atoms with E-state index < -0.39 is 53.2 Å². The summed E-state index contributed by atoms with van der Waals surface area (Å²) in [6, 6.07) is 8.53. The maximum absolute atomic E-state index is 13.1. The third-order valence-corrected chi connectivity index (χ3v) is 16.5. The number of non-ortho nitro benzene ring substituents is 1. The molecule has 10 atom stereocenters. The van der Waals surface area contributed by atoms with Crippen molar-refractivity contribution < 1.29 is 47.9 Å². The molecule has 0 bridgehead atoms. The standard InChI is InChI=1S/C55H78N6O11/c1-34(2)9-7-10-35(3)44-21-22-45-43-20-13-38-31-42(25-27-54(38,5)46(43)26-28-55(44,45)6)70-30-8-29-57-49(63)23-24-50(64)58-36(4)51(65)60-47(32-48(56)62)52(66)59-39-14-11-37(12-15-39)33-71-53(67)72-41-18-16-40(17-19-41)61(68)69/h11-19,34-36,42-47H,7-10,20-33H2,1-6H3,(H2,56,62)(H,57,63)(H,58,64)(H,59,66)(H,60,65)/t35-,36+,42+,43+,44-,45+,46?,47+,54+,55-/m1/s1. The number of hydrogen-bond donors (Lipinski definition) is 5. The highest BCUT2D eigenvalue weighted by molar-refractivity contribution is 6.00.